The van der Waals surface area contributed by atoms with E-state index in [1.54, 1.807) is 0 Å². The Hall–Kier alpha value is -2.18. The van der Waals surface area contributed by atoms with Gasteiger partial charge in [0.25, 0.3) is 5.56 Å². The van der Waals surface area contributed by atoms with Gasteiger partial charge in [-0.3, -0.25) is 23.9 Å². The number of aromatic nitrogens is 3. The molecule has 0 bridgehead atoms. The Labute approximate surface area is 132 Å². The summed E-state index contributed by atoms with van der Waals surface area (Å²) in [7, 11) is 0. The summed E-state index contributed by atoms with van der Waals surface area (Å²) < 4.78 is 14.0. The lowest BCUT2D eigenvalue weighted by Gasteiger charge is -2.15. The number of aromatic amines is 2. The van der Waals surface area contributed by atoms with Crippen molar-refractivity contribution in [2.75, 3.05) is 6.67 Å². The molecule has 6 nitrogen and oxygen atoms in total. The van der Waals surface area contributed by atoms with Gasteiger partial charge in [0.1, 0.15) is 11.0 Å². The minimum absolute atomic E-state index is 0.0202. The van der Waals surface area contributed by atoms with E-state index in [0.29, 0.717) is 19.4 Å². The average Bonchev–Trinajstić information content (AvgIpc) is 2.50. The van der Waals surface area contributed by atoms with Crippen molar-refractivity contribution in [3.05, 3.63) is 42.8 Å². The summed E-state index contributed by atoms with van der Waals surface area (Å²) in [6.45, 7) is 2.31. The second-order valence-electron chi connectivity index (χ2n) is 5.64. The van der Waals surface area contributed by atoms with Gasteiger partial charge in [-0.15, -0.1) is 0 Å². The summed E-state index contributed by atoms with van der Waals surface area (Å²) in [5.74, 6) is 0. The minimum Gasteiger partial charge on any atom is -0.331 e. The number of fused-ring (bicyclic) bond motifs is 1. The summed E-state index contributed by atoms with van der Waals surface area (Å²) in [6, 6.07) is 1.46. The number of nitrogens with one attached hydrogen (secondary N) is 2. The van der Waals surface area contributed by atoms with Crippen molar-refractivity contribution in [1.82, 2.24) is 14.5 Å². The van der Waals surface area contributed by atoms with Crippen LogP contribution in [0.1, 0.15) is 44.7 Å². The molecule has 23 heavy (non-hydrogen) atoms. The van der Waals surface area contributed by atoms with Crippen LogP contribution in [0, 0.1) is 0 Å². The molecule has 2 heterocycles. The lowest BCUT2D eigenvalue weighted by Crippen LogP contribution is -2.29. The molecule has 0 aromatic carbocycles. The average molecular weight is 323 g/mol. The number of hydrogen-bond donors (Lipinski definition) is 2. The first-order valence-electron chi connectivity index (χ1n) is 8.03. The molecule has 0 atom stereocenters. The highest BCUT2D eigenvalue weighted by Crippen LogP contribution is 2.12. The number of nitrogens with zero attached hydrogens (tertiary/aromatic N) is 1. The summed E-state index contributed by atoms with van der Waals surface area (Å²) in [6.07, 6.45) is 4.43. The number of H-pyrrole nitrogens is 2. The van der Waals surface area contributed by atoms with E-state index in [9.17, 15) is 18.8 Å². The van der Waals surface area contributed by atoms with E-state index in [2.05, 4.69) is 9.97 Å². The Kier molecular flexibility index (Phi) is 5.90. The van der Waals surface area contributed by atoms with Crippen LogP contribution >= 0.6 is 0 Å². The number of hydrogen-bond acceptors (Lipinski definition) is 3. The van der Waals surface area contributed by atoms with Gasteiger partial charge in [0, 0.05) is 18.3 Å². The predicted octanol–water partition coefficient (Wildman–Crippen LogP) is 1.86. The van der Waals surface area contributed by atoms with Crippen molar-refractivity contribution < 1.29 is 4.39 Å². The van der Waals surface area contributed by atoms with E-state index < -0.39 is 16.7 Å². The number of aryl methyl sites for hydroxylation is 2. The Morgan fingerprint density at radius 2 is 1.87 bits per heavy atom. The van der Waals surface area contributed by atoms with E-state index in [0.717, 1.165) is 31.4 Å². The zero-order valence-electron chi connectivity index (χ0n) is 13.3. The highest BCUT2D eigenvalue weighted by atomic mass is 19.1. The molecule has 0 spiro atoms. The van der Waals surface area contributed by atoms with Gasteiger partial charge in [-0.1, -0.05) is 19.8 Å². The van der Waals surface area contributed by atoms with Gasteiger partial charge in [0.05, 0.1) is 6.67 Å². The highest BCUT2D eigenvalue weighted by Gasteiger charge is 2.13. The fourth-order valence-corrected chi connectivity index (χ4v) is 2.71. The standard InChI is InChI=1S/C16H22FN3O3/c1-2-3-9-20-11(7-5-4-6-8-17)10-12(21)13-14(20)18-16(23)19-15(13)22/h10H,2-9H2,1H3,(H2,18,19,22,23). The molecule has 2 N–H and O–H groups in total. The maximum atomic E-state index is 12.2. The summed E-state index contributed by atoms with van der Waals surface area (Å²) in [4.78, 5) is 40.4. The maximum Gasteiger partial charge on any atom is 0.327 e. The Morgan fingerprint density at radius 3 is 2.57 bits per heavy atom. The fraction of sp³-hybridized carbons (Fsp3) is 0.562. The zero-order valence-corrected chi connectivity index (χ0v) is 13.3. The summed E-state index contributed by atoms with van der Waals surface area (Å²) in [5.41, 5.74) is -0.633. The smallest absolute Gasteiger partial charge is 0.327 e. The monoisotopic (exact) mass is 323 g/mol. The molecule has 126 valence electrons. The number of pyridine rings is 1. The second-order valence-corrected chi connectivity index (χ2v) is 5.64. The van der Waals surface area contributed by atoms with Crippen LogP contribution in [-0.4, -0.2) is 21.2 Å². The van der Waals surface area contributed by atoms with E-state index in [-0.39, 0.29) is 17.7 Å². The maximum absolute atomic E-state index is 12.2. The Balaban J connectivity index is 2.54. The molecule has 0 radical (unpaired) electrons. The second kappa shape index (κ2) is 7.89. The molecule has 0 fully saturated rings. The molecular formula is C16H22FN3O3. The van der Waals surface area contributed by atoms with Crippen LogP contribution in [0.2, 0.25) is 0 Å². The third-order valence-corrected chi connectivity index (χ3v) is 3.89. The third kappa shape index (κ3) is 3.97. The number of rotatable bonds is 8. The van der Waals surface area contributed by atoms with Crippen LogP contribution in [0.25, 0.3) is 11.0 Å². The first-order chi connectivity index (χ1) is 11.1. The van der Waals surface area contributed by atoms with Gasteiger partial charge in [-0.25, -0.2) is 4.79 Å². The largest absolute Gasteiger partial charge is 0.331 e. The van der Waals surface area contributed by atoms with Gasteiger partial charge in [-0.05, 0) is 25.7 Å². The van der Waals surface area contributed by atoms with Crippen LogP contribution in [0.15, 0.2) is 20.4 Å². The zero-order chi connectivity index (χ0) is 16.8. The first-order valence-corrected chi connectivity index (χ1v) is 8.03. The molecule has 0 unspecified atom stereocenters. The van der Waals surface area contributed by atoms with Crippen LogP contribution in [0.4, 0.5) is 4.39 Å². The van der Waals surface area contributed by atoms with E-state index in [1.165, 1.54) is 6.07 Å². The van der Waals surface area contributed by atoms with Crippen molar-refractivity contribution in [2.24, 2.45) is 0 Å². The molecule has 0 saturated carbocycles. The van der Waals surface area contributed by atoms with Crippen LogP contribution in [0.5, 0.6) is 0 Å². The van der Waals surface area contributed by atoms with Gasteiger partial charge in [0.15, 0.2) is 5.43 Å². The topological polar surface area (TPSA) is 87.7 Å². The van der Waals surface area contributed by atoms with Crippen LogP contribution < -0.4 is 16.7 Å². The SMILES string of the molecule is CCCCn1c(CCCCCF)cc(=O)c2c(=O)[nH]c(=O)[nH]c21. The van der Waals surface area contributed by atoms with Gasteiger partial charge >= 0.3 is 5.69 Å². The summed E-state index contributed by atoms with van der Waals surface area (Å²) >= 11 is 0. The fourth-order valence-electron chi connectivity index (χ4n) is 2.71. The predicted molar refractivity (Wildman–Crippen MR) is 87.9 cm³/mol. The minimum atomic E-state index is -0.664. The lowest BCUT2D eigenvalue weighted by molar-refractivity contribution is 0.454. The van der Waals surface area contributed by atoms with Gasteiger partial charge in [-0.2, -0.15) is 0 Å². The van der Waals surface area contributed by atoms with E-state index in [4.69, 9.17) is 0 Å². The number of unbranched alkanes of at least 4 members (excludes halogenated alkanes) is 3. The van der Waals surface area contributed by atoms with E-state index >= 15 is 0 Å². The number of halogens is 1. The Bertz CT molecular complexity index is 835. The molecule has 0 amide bonds. The van der Waals surface area contributed by atoms with Crippen molar-refractivity contribution in [1.29, 1.82) is 0 Å². The van der Waals surface area contributed by atoms with Gasteiger partial charge < -0.3 is 4.57 Å². The molecule has 2 aromatic heterocycles. The molecule has 7 heteroatoms. The molecule has 0 aliphatic rings. The normalized spacial score (nSPS) is 11.2. The molecule has 0 aliphatic heterocycles. The number of alkyl halides is 1. The summed E-state index contributed by atoms with van der Waals surface area (Å²) in [5, 5.41) is -0.0202. The molecular weight excluding hydrogens is 301 g/mol. The van der Waals surface area contributed by atoms with Crippen LogP contribution in [-0.2, 0) is 13.0 Å². The molecule has 0 aliphatic carbocycles. The van der Waals surface area contributed by atoms with E-state index in [1.807, 2.05) is 11.5 Å². The Morgan fingerprint density at radius 1 is 1.09 bits per heavy atom. The van der Waals surface area contributed by atoms with Crippen LogP contribution in [0.3, 0.4) is 0 Å². The highest BCUT2D eigenvalue weighted by molar-refractivity contribution is 5.73. The lowest BCUT2D eigenvalue weighted by atomic mass is 10.1. The molecule has 2 rings (SSSR count). The van der Waals surface area contributed by atoms with Crippen molar-refractivity contribution >= 4 is 11.0 Å². The van der Waals surface area contributed by atoms with Crippen molar-refractivity contribution in [3.8, 4) is 0 Å². The molecule has 0 saturated heterocycles. The van der Waals surface area contributed by atoms with Crippen molar-refractivity contribution in [2.45, 2.75) is 52.0 Å². The van der Waals surface area contributed by atoms with Gasteiger partial charge in [0.2, 0.25) is 0 Å². The quantitative estimate of drug-likeness (QED) is 0.727. The third-order valence-electron chi connectivity index (χ3n) is 3.89. The molecule has 2 aromatic rings. The van der Waals surface area contributed by atoms with Crippen molar-refractivity contribution in [3.63, 3.8) is 0 Å². The first kappa shape index (κ1) is 17.2.